The minimum Gasteiger partial charge on any atom is -0.401 e. The van der Waals surface area contributed by atoms with Crippen LogP contribution >= 0.6 is 0 Å². The third kappa shape index (κ3) is 4.75. The summed E-state index contributed by atoms with van der Waals surface area (Å²) in [6.07, 6.45) is 1.60. The van der Waals surface area contributed by atoms with Crippen molar-refractivity contribution in [2.45, 2.75) is 6.92 Å². The molecule has 2 heterocycles. The van der Waals surface area contributed by atoms with E-state index in [2.05, 4.69) is 38.7 Å². The Bertz CT molecular complexity index is 1220. The topological polar surface area (TPSA) is 128 Å². The molecule has 150 valence electrons. The predicted molar refractivity (Wildman–Crippen MR) is 124 cm³/mol. The lowest BCUT2D eigenvalue weighted by Gasteiger charge is -2.10. The van der Waals surface area contributed by atoms with E-state index in [1.807, 2.05) is 37.4 Å². The number of hydrogen-bond acceptors (Lipinski definition) is 7. The minimum atomic E-state index is 0.156. The number of nitrogen functional groups attached to an aromatic ring is 1. The molecule has 30 heavy (non-hydrogen) atoms. The normalized spacial score (nSPS) is 12.0. The average Bonchev–Trinajstić information content (AvgIpc) is 2.73. The van der Waals surface area contributed by atoms with Crippen LogP contribution in [0.15, 0.2) is 77.3 Å². The van der Waals surface area contributed by atoms with Gasteiger partial charge in [-0.15, -0.1) is 0 Å². The number of pyridine rings is 2. The lowest BCUT2D eigenvalue weighted by molar-refractivity contribution is 1.24. The van der Waals surface area contributed by atoms with E-state index in [9.17, 15) is 0 Å². The van der Waals surface area contributed by atoms with Gasteiger partial charge in [0.15, 0.2) is 0 Å². The Morgan fingerprint density at radius 1 is 1.13 bits per heavy atom. The molecule has 1 aromatic carbocycles. The standard InChI is InChI=1S/C23H23N7/c1-14(24)19(8-4-16-5-10-21(26)28-13-16)23(29-15(2)25)18-6-9-20-17(12-18)7-11-22(27-3)30-20/h5-7,9-13H,2,24-25H2,1,3H3,(H2,26,28)(H,27,30)/b19-14-,29-23?. The molecule has 0 aliphatic carbocycles. The highest BCUT2D eigenvalue weighted by molar-refractivity contribution is 6.17. The molecule has 3 aromatic rings. The van der Waals surface area contributed by atoms with Gasteiger partial charge < -0.3 is 22.5 Å². The first-order valence-electron chi connectivity index (χ1n) is 9.19. The molecule has 0 spiro atoms. The van der Waals surface area contributed by atoms with Crippen LogP contribution in [0.25, 0.3) is 10.9 Å². The molecule has 3 rings (SSSR count). The highest BCUT2D eigenvalue weighted by Crippen LogP contribution is 2.20. The highest BCUT2D eigenvalue weighted by atomic mass is 15.0. The van der Waals surface area contributed by atoms with Gasteiger partial charge in [0.25, 0.3) is 0 Å². The van der Waals surface area contributed by atoms with Crippen LogP contribution in [0.2, 0.25) is 0 Å². The van der Waals surface area contributed by atoms with Crippen LogP contribution in [-0.4, -0.2) is 22.7 Å². The number of rotatable bonds is 4. The van der Waals surface area contributed by atoms with Gasteiger partial charge in [0.2, 0.25) is 0 Å². The van der Waals surface area contributed by atoms with Gasteiger partial charge in [-0.05, 0) is 43.3 Å². The molecule has 0 saturated carbocycles. The maximum Gasteiger partial charge on any atom is 0.126 e. The number of nitrogens with two attached hydrogens (primary N) is 3. The second-order valence-corrected chi connectivity index (χ2v) is 6.59. The van der Waals surface area contributed by atoms with Crippen molar-refractivity contribution < 1.29 is 0 Å². The largest absolute Gasteiger partial charge is 0.401 e. The number of fused-ring (bicyclic) bond motifs is 1. The summed E-state index contributed by atoms with van der Waals surface area (Å²) in [6.45, 7) is 5.48. The molecule has 0 bridgehead atoms. The summed E-state index contributed by atoms with van der Waals surface area (Å²) in [5.41, 5.74) is 21.6. The van der Waals surface area contributed by atoms with Crippen LogP contribution in [0.1, 0.15) is 18.1 Å². The quantitative estimate of drug-likeness (QED) is 0.396. The molecule has 0 atom stereocenters. The zero-order chi connectivity index (χ0) is 21.7. The summed E-state index contributed by atoms with van der Waals surface area (Å²) in [5.74, 6) is 7.53. The molecule has 7 heteroatoms. The van der Waals surface area contributed by atoms with Gasteiger partial charge in [-0.25, -0.2) is 15.0 Å². The Hall–Kier alpha value is -4.31. The van der Waals surface area contributed by atoms with E-state index >= 15 is 0 Å². The smallest absolute Gasteiger partial charge is 0.126 e. The Morgan fingerprint density at radius 2 is 1.93 bits per heavy atom. The maximum absolute atomic E-state index is 6.16. The van der Waals surface area contributed by atoms with Crippen molar-refractivity contribution in [3.8, 4) is 11.8 Å². The minimum absolute atomic E-state index is 0.156. The number of hydrogen-bond donors (Lipinski definition) is 4. The zero-order valence-electron chi connectivity index (χ0n) is 16.9. The summed E-state index contributed by atoms with van der Waals surface area (Å²) in [5, 5.41) is 3.98. The second kappa shape index (κ2) is 8.80. The Morgan fingerprint density at radius 3 is 2.57 bits per heavy atom. The molecule has 0 aliphatic rings. The molecule has 0 amide bonds. The molecule has 0 saturated heterocycles. The van der Waals surface area contributed by atoms with E-state index in [4.69, 9.17) is 17.2 Å². The van der Waals surface area contributed by atoms with Gasteiger partial charge in [-0.2, -0.15) is 0 Å². The summed E-state index contributed by atoms with van der Waals surface area (Å²) >= 11 is 0. The number of anilines is 2. The monoisotopic (exact) mass is 397 g/mol. The highest BCUT2D eigenvalue weighted by Gasteiger charge is 2.12. The first-order valence-corrected chi connectivity index (χ1v) is 9.19. The van der Waals surface area contributed by atoms with E-state index in [0.717, 1.165) is 22.3 Å². The summed E-state index contributed by atoms with van der Waals surface area (Å²) < 4.78 is 0. The Labute approximate surface area is 175 Å². The van der Waals surface area contributed by atoms with Crippen molar-refractivity contribution in [2.75, 3.05) is 18.1 Å². The van der Waals surface area contributed by atoms with Gasteiger partial charge in [-0.1, -0.05) is 24.5 Å². The van der Waals surface area contributed by atoms with Gasteiger partial charge >= 0.3 is 0 Å². The second-order valence-electron chi connectivity index (χ2n) is 6.59. The molecule has 0 unspecified atom stereocenters. The van der Waals surface area contributed by atoms with Crippen molar-refractivity contribution in [3.63, 3.8) is 0 Å². The van der Waals surface area contributed by atoms with Crippen molar-refractivity contribution in [3.05, 3.63) is 83.5 Å². The van der Waals surface area contributed by atoms with Crippen LogP contribution < -0.4 is 22.5 Å². The van der Waals surface area contributed by atoms with Gasteiger partial charge in [0.05, 0.1) is 16.8 Å². The fourth-order valence-electron chi connectivity index (χ4n) is 2.78. The van der Waals surface area contributed by atoms with Gasteiger partial charge in [0, 0.05) is 35.5 Å². The van der Waals surface area contributed by atoms with Crippen molar-refractivity contribution in [1.29, 1.82) is 0 Å². The zero-order valence-corrected chi connectivity index (χ0v) is 16.9. The number of nitrogens with zero attached hydrogens (tertiary/aromatic N) is 3. The fraction of sp³-hybridized carbons (Fsp3) is 0.0870. The number of aromatic nitrogens is 2. The average molecular weight is 397 g/mol. The van der Waals surface area contributed by atoms with E-state index in [0.29, 0.717) is 28.4 Å². The number of allylic oxidation sites excluding steroid dienone is 2. The van der Waals surface area contributed by atoms with E-state index in [-0.39, 0.29) is 5.82 Å². The first-order chi connectivity index (χ1) is 14.4. The van der Waals surface area contributed by atoms with Gasteiger partial charge in [0.1, 0.15) is 17.5 Å². The van der Waals surface area contributed by atoms with Crippen molar-refractivity contribution in [1.82, 2.24) is 9.97 Å². The molecular weight excluding hydrogens is 374 g/mol. The van der Waals surface area contributed by atoms with Crippen LogP contribution in [-0.2, 0) is 0 Å². The Kier molecular flexibility index (Phi) is 5.99. The lowest BCUT2D eigenvalue weighted by Crippen LogP contribution is -2.12. The van der Waals surface area contributed by atoms with Crippen LogP contribution in [0, 0.1) is 11.8 Å². The lowest BCUT2D eigenvalue weighted by atomic mass is 9.99. The summed E-state index contributed by atoms with van der Waals surface area (Å²) in [7, 11) is 1.83. The third-order valence-corrected chi connectivity index (χ3v) is 4.22. The van der Waals surface area contributed by atoms with Crippen molar-refractivity contribution >= 4 is 28.3 Å². The maximum atomic E-state index is 6.16. The van der Waals surface area contributed by atoms with Crippen LogP contribution in [0.3, 0.4) is 0 Å². The molecule has 2 aromatic heterocycles. The van der Waals surface area contributed by atoms with E-state index < -0.39 is 0 Å². The summed E-state index contributed by atoms with van der Waals surface area (Å²) in [6, 6.07) is 13.2. The number of aliphatic imine (C=N–C) groups is 1. The molecular formula is C23H23N7. The molecule has 0 fully saturated rings. The Balaban J connectivity index is 2.10. The molecule has 7 N–H and O–H groups in total. The van der Waals surface area contributed by atoms with Gasteiger partial charge in [-0.3, -0.25) is 0 Å². The molecule has 0 aliphatic heterocycles. The van der Waals surface area contributed by atoms with E-state index in [1.54, 1.807) is 25.3 Å². The SMILES string of the molecule is C=C(N)N=C(/C(C#Cc1ccc(N)nc1)=C(/C)N)c1ccc2nc(NC)ccc2c1. The molecule has 7 nitrogen and oxygen atoms in total. The molecule has 0 radical (unpaired) electrons. The predicted octanol–water partition coefficient (Wildman–Crippen LogP) is 2.76. The van der Waals surface area contributed by atoms with Crippen molar-refractivity contribution in [2.24, 2.45) is 16.5 Å². The van der Waals surface area contributed by atoms with E-state index in [1.165, 1.54) is 0 Å². The summed E-state index contributed by atoms with van der Waals surface area (Å²) in [4.78, 5) is 13.0. The third-order valence-electron chi connectivity index (χ3n) is 4.22. The number of nitrogens with one attached hydrogen (secondary N) is 1. The number of benzene rings is 1. The van der Waals surface area contributed by atoms with Crippen LogP contribution in [0.4, 0.5) is 11.6 Å². The van der Waals surface area contributed by atoms with Crippen LogP contribution in [0.5, 0.6) is 0 Å². The fourth-order valence-corrected chi connectivity index (χ4v) is 2.78. The first kappa shape index (κ1) is 20.4.